The zero-order valence-electron chi connectivity index (χ0n) is 11.2. The fourth-order valence-corrected chi connectivity index (χ4v) is 2.23. The molecule has 2 unspecified atom stereocenters. The van der Waals surface area contributed by atoms with Gasteiger partial charge in [0, 0.05) is 31.9 Å². The molecule has 3 N–H and O–H groups in total. The molecule has 1 aliphatic rings. The standard InChI is InChI=1S/C12H18N4O4/c1-15-6-8(5-13-15)10(11(18)19)14-12(20)16-4-2-3-9(17)7-16/h5-6,9-10,17H,2-4,7H2,1H3,(H,14,20)(H,18,19). The smallest absolute Gasteiger partial charge is 0.331 e. The summed E-state index contributed by atoms with van der Waals surface area (Å²) in [6, 6.07) is -1.63. The normalized spacial score (nSPS) is 20.5. The molecule has 1 fully saturated rings. The molecule has 1 saturated heterocycles. The van der Waals surface area contributed by atoms with Crippen LogP contribution in [0.15, 0.2) is 12.4 Å². The minimum atomic E-state index is -1.15. The van der Waals surface area contributed by atoms with Gasteiger partial charge in [-0.3, -0.25) is 4.68 Å². The number of β-amino-alcohol motifs (C(OH)–C–C–N with tert-alkyl or cyclic N) is 1. The second-order valence-electron chi connectivity index (χ2n) is 4.91. The lowest BCUT2D eigenvalue weighted by Crippen LogP contribution is -2.49. The van der Waals surface area contributed by atoms with Gasteiger partial charge in [0.05, 0.1) is 12.3 Å². The molecule has 2 heterocycles. The minimum Gasteiger partial charge on any atom is -0.479 e. The fraction of sp³-hybridized carbons (Fsp3) is 0.583. The number of carboxylic acids is 1. The molecule has 110 valence electrons. The third kappa shape index (κ3) is 3.27. The van der Waals surface area contributed by atoms with E-state index in [1.54, 1.807) is 13.2 Å². The number of hydrogen-bond donors (Lipinski definition) is 3. The molecule has 1 aromatic heterocycles. The quantitative estimate of drug-likeness (QED) is 0.706. The lowest BCUT2D eigenvalue weighted by atomic mass is 10.1. The molecule has 8 nitrogen and oxygen atoms in total. The largest absolute Gasteiger partial charge is 0.479 e. The highest BCUT2D eigenvalue weighted by Crippen LogP contribution is 2.15. The van der Waals surface area contributed by atoms with Crippen LogP contribution in [-0.2, 0) is 11.8 Å². The average Bonchev–Trinajstić information content (AvgIpc) is 2.81. The lowest BCUT2D eigenvalue weighted by Gasteiger charge is -2.31. The van der Waals surface area contributed by atoms with Gasteiger partial charge in [-0.2, -0.15) is 5.10 Å². The predicted octanol–water partition coefficient (Wildman–Crippen LogP) is -0.288. The van der Waals surface area contributed by atoms with E-state index in [9.17, 15) is 19.8 Å². The van der Waals surface area contributed by atoms with Crippen molar-refractivity contribution in [3.63, 3.8) is 0 Å². The number of urea groups is 1. The summed E-state index contributed by atoms with van der Waals surface area (Å²) in [6.07, 6.45) is 3.78. The second-order valence-corrected chi connectivity index (χ2v) is 4.91. The van der Waals surface area contributed by atoms with E-state index in [-0.39, 0.29) is 6.54 Å². The number of nitrogens with zero attached hydrogens (tertiary/aromatic N) is 3. The van der Waals surface area contributed by atoms with Crippen molar-refractivity contribution in [1.82, 2.24) is 20.0 Å². The first-order valence-electron chi connectivity index (χ1n) is 6.42. The number of aliphatic hydroxyl groups is 1. The van der Waals surface area contributed by atoms with Crippen LogP contribution < -0.4 is 5.32 Å². The number of rotatable bonds is 3. The van der Waals surface area contributed by atoms with Gasteiger partial charge in [0.1, 0.15) is 0 Å². The van der Waals surface area contributed by atoms with Crippen molar-refractivity contribution in [3.8, 4) is 0 Å². The molecule has 1 aromatic rings. The molecule has 0 radical (unpaired) electrons. The Morgan fingerprint density at radius 1 is 1.55 bits per heavy atom. The van der Waals surface area contributed by atoms with Crippen LogP contribution in [0, 0.1) is 0 Å². The molecule has 0 aliphatic carbocycles. The maximum absolute atomic E-state index is 12.1. The summed E-state index contributed by atoms with van der Waals surface area (Å²) >= 11 is 0. The van der Waals surface area contributed by atoms with E-state index in [1.165, 1.54) is 15.8 Å². The molecule has 2 amide bonds. The molecule has 0 aromatic carbocycles. The number of hydrogen-bond acceptors (Lipinski definition) is 4. The van der Waals surface area contributed by atoms with Gasteiger partial charge in [0.2, 0.25) is 0 Å². The van der Waals surface area contributed by atoms with Crippen LogP contribution in [0.5, 0.6) is 0 Å². The van der Waals surface area contributed by atoms with Gasteiger partial charge in [-0.25, -0.2) is 9.59 Å². The maximum Gasteiger partial charge on any atom is 0.331 e. The van der Waals surface area contributed by atoms with Crippen molar-refractivity contribution in [3.05, 3.63) is 18.0 Å². The summed E-state index contributed by atoms with van der Waals surface area (Å²) in [5, 5.41) is 25.1. The van der Waals surface area contributed by atoms with Crippen molar-refractivity contribution in [2.45, 2.75) is 25.0 Å². The van der Waals surface area contributed by atoms with Crippen LogP contribution in [-0.4, -0.2) is 56.1 Å². The maximum atomic E-state index is 12.1. The molecular formula is C12H18N4O4. The van der Waals surface area contributed by atoms with Gasteiger partial charge in [0.25, 0.3) is 0 Å². The van der Waals surface area contributed by atoms with Crippen LogP contribution in [0.1, 0.15) is 24.4 Å². The van der Waals surface area contributed by atoms with Crippen LogP contribution in [0.25, 0.3) is 0 Å². The zero-order valence-corrected chi connectivity index (χ0v) is 11.2. The first kappa shape index (κ1) is 14.3. The van der Waals surface area contributed by atoms with E-state index in [0.29, 0.717) is 24.9 Å². The summed E-state index contributed by atoms with van der Waals surface area (Å²) in [6.45, 7) is 0.744. The average molecular weight is 282 g/mol. The molecule has 8 heteroatoms. The number of carbonyl (C=O) groups is 2. The van der Waals surface area contributed by atoms with Crippen LogP contribution in [0.4, 0.5) is 4.79 Å². The Balaban J connectivity index is 2.04. The highest BCUT2D eigenvalue weighted by atomic mass is 16.4. The van der Waals surface area contributed by atoms with Gasteiger partial charge in [-0.1, -0.05) is 0 Å². The fourth-order valence-electron chi connectivity index (χ4n) is 2.23. The number of aliphatic carboxylic acids is 1. The number of carbonyl (C=O) groups excluding carboxylic acids is 1. The first-order chi connectivity index (χ1) is 9.47. The summed E-state index contributed by atoms with van der Waals surface area (Å²) < 4.78 is 1.47. The Labute approximate surface area is 116 Å². The van der Waals surface area contributed by atoms with Crippen molar-refractivity contribution < 1.29 is 19.8 Å². The number of piperidine rings is 1. The Hall–Kier alpha value is -2.09. The first-order valence-corrected chi connectivity index (χ1v) is 6.42. The Bertz CT molecular complexity index is 501. The number of amides is 2. The predicted molar refractivity (Wildman–Crippen MR) is 68.9 cm³/mol. The van der Waals surface area contributed by atoms with Crippen LogP contribution in [0.3, 0.4) is 0 Å². The van der Waals surface area contributed by atoms with Crippen molar-refractivity contribution >= 4 is 12.0 Å². The molecule has 20 heavy (non-hydrogen) atoms. The Morgan fingerprint density at radius 3 is 2.85 bits per heavy atom. The third-order valence-electron chi connectivity index (χ3n) is 3.26. The monoisotopic (exact) mass is 282 g/mol. The number of aromatic nitrogens is 2. The minimum absolute atomic E-state index is 0.227. The van der Waals surface area contributed by atoms with Gasteiger partial charge in [0.15, 0.2) is 6.04 Å². The van der Waals surface area contributed by atoms with Crippen molar-refractivity contribution in [2.24, 2.45) is 7.05 Å². The van der Waals surface area contributed by atoms with Gasteiger partial charge in [-0.15, -0.1) is 0 Å². The molecule has 0 spiro atoms. The van der Waals surface area contributed by atoms with Crippen molar-refractivity contribution in [2.75, 3.05) is 13.1 Å². The van der Waals surface area contributed by atoms with Crippen molar-refractivity contribution in [1.29, 1.82) is 0 Å². The van der Waals surface area contributed by atoms with Gasteiger partial charge < -0.3 is 20.4 Å². The van der Waals surface area contributed by atoms with E-state index < -0.39 is 24.1 Å². The van der Waals surface area contributed by atoms with E-state index >= 15 is 0 Å². The molecule has 2 rings (SSSR count). The topological polar surface area (TPSA) is 108 Å². The van der Waals surface area contributed by atoms with Gasteiger partial charge >= 0.3 is 12.0 Å². The highest BCUT2D eigenvalue weighted by molar-refractivity contribution is 5.83. The lowest BCUT2D eigenvalue weighted by molar-refractivity contribution is -0.139. The molecular weight excluding hydrogens is 264 g/mol. The summed E-state index contributed by atoms with van der Waals surface area (Å²) in [7, 11) is 1.67. The number of nitrogens with one attached hydrogen (secondary N) is 1. The number of aryl methyl sites for hydroxylation is 1. The summed E-state index contributed by atoms with van der Waals surface area (Å²) in [4.78, 5) is 24.8. The molecule has 2 atom stereocenters. The number of aliphatic hydroxyl groups excluding tert-OH is 1. The van der Waals surface area contributed by atoms with Gasteiger partial charge in [-0.05, 0) is 12.8 Å². The second kappa shape index (κ2) is 5.91. The van der Waals surface area contributed by atoms with E-state index in [0.717, 1.165) is 0 Å². The third-order valence-corrected chi connectivity index (χ3v) is 3.26. The Kier molecular flexibility index (Phi) is 4.23. The Morgan fingerprint density at radius 2 is 2.30 bits per heavy atom. The van der Waals surface area contributed by atoms with E-state index in [4.69, 9.17) is 0 Å². The molecule has 0 bridgehead atoms. The molecule has 0 saturated carbocycles. The summed E-state index contributed by atoms with van der Waals surface area (Å²) in [5.41, 5.74) is 0.408. The SMILES string of the molecule is Cn1cc(C(NC(=O)N2CCCC(O)C2)C(=O)O)cn1. The van der Waals surface area contributed by atoms with Crippen LogP contribution >= 0.6 is 0 Å². The zero-order chi connectivity index (χ0) is 14.7. The van der Waals surface area contributed by atoms with E-state index in [2.05, 4.69) is 10.4 Å². The molecule has 1 aliphatic heterocycles. The number of likely N-dealkylation sites (tertiary alicyclic amines) is 1. The highest BCUT2D eigenvalue weighted by Gasteiger charge is 2.28. The number of carboxylic acid groups (broad SMARTS) is 1. The van der Waals surface area contributed by atoms with Crippen LogP contribution in [0.2, 0.25) is 0 Å². The summed E-state index contributed by atoms with van der Waals surface area (Å²) in [5.74, 6) is -1.15. The van der Waals surface area contributed by atoms with E-state index in [1.807, 2.05) is 0 Å².